The summed E-state index contributed by atoms with van der Waals surface area (Å²) in [6, 6.07) is 2.07. The number of hydrogen-bond donors (Lipinski definition) is 2. The van der Waals surface area contributed by atoms with Crippen LogP contribution in [0.15, 0.2) is 16.6 Å². The number of amides is 1. The molecule has 0 unspecified atom stereocenters. The van der Waals surface area contributed by atoms with Crippen molar-refractivity contribution in [2.75, 3.05) is 5.32 Å². The number of carbonyl (C=O) groups is 2. The molecule has 0 saturated carbocycles. The molecule has 0 atom stereocenters. The molecule has 8 heteroatoms. The molecule has 0 aliphatic heterocycles. The Morgan fingerprint density at radius 2 is 2.06 bits per heavy atom. The number of nitro benzene ring substituents is 1. The lowest BCUT2D eigenvalue weighted by atomic mass is 10.1. The van der Waals surface area contributed by atoms with E-state index in [9.17, 15) is 19.7 Å². The zero-order valence-electron chi connectivity index (χ0n) is 8.56. The molecular weight excluding hydrogens is 296 g/mol. The number of anilines is 1. The van der Waals surface area contributed by atoms with Crippen molar-refractivity contribution in [3.05, 3.63) is 32.3 Å². The second-order valence-corrected chi connectivity index (χ2v) is 3.95. The Labute approximate surface area is 104 Å². The van der Waals surface area contributed by atoms with Gasteiger partial charge in [-0.2, -0.15) is 0 Å². The van der Waals surface area contributed by atoms with Crippen LogP contribution in [0.1, 0.15) is 17.3 Å². The molecule has 0 aromatic heterocycles. The molecule has 0 spiro atoms. The lowest BCUT2D eigenvalue weighted by molar-refractivity contribution is -0.385. The van der Waals surface area contributed by atoms with Gasteiger partial charge in [0, 0.05) is 17.5 Å². The summed E-state index contributed by atoms with van der Waals surface area (Å²) in [5.41, 5.74) is -0.880. The highest BCUT2D eigenvalue weighted by atomic mass is 79.9. The second kappa shape index (κ2) is 4.91. The number of halogens is 1. The summed E-state index contributed by atoms with van der Waals surface area (Å²) in [5, 5.41) is 21.8. The predicted octanol–water partition coefficient (Wildman–Crippen LogP) is 2.01. The Morgan fingerprint density at radius 3 is 2.47 bits per heavy atom. The number of carboxylic acid groups (broad SMARTS) is 1. The number of carbonyl (C=O) groups excluding carboxylic acids is 1. The minimum absolute atomic E-state index is 0.147. The Balaban J connectivity index is 3.39. The van der Waals surface area contributed by atoms with Gasteiger partial charge in [0.1, 0.15) is 5.56 Å². The first-order valence-corrected chi connectivity index (χ1v) is 5.11. The van der Waals surface area contributed by atoms with E-state index in [0.29, 0.717) is 0 Å². The Hall–Kier alpha value is -1.96. The minimum atomic E-state index is -1.41. The normalized spacial score (nSPS) is 9.76. The van der Waals surface area contributed by atoms with Crippen molar-refractivity contribution < 1.29 is 19.6 Å². The smallest absolute Gasteiger partial charge is 0.342 e. The molecule has 0 aliphatic carbocycles. The molecule has 0 saturated heterocycles. The summed E-state index contributed by atoms with van der Waals surface area (Å²) in [7, 11) is 0. The van der Waals surface area contributed by atoms with Crippen LogP contribution in [0.25, 0.3) is 0 Å². The van der Waals surface area contributed by atoms with Gasteiger partial charge in [-0.05, 0) is 22.0 Å². The monoisotopic (exact) mass is 302 g/mol. The average molecular weight is 303 g/mol. The molecule has 1 rings (SSSR count). The van der Waals surface area contributed by atoms with Crippen LogP contribution in [0.4, 0.5) is 11.4 Å². The van der Waals surface area contributed by atoms with E-state index in [0.717, 1.165) is 12.1 Å². The fourth-order valence-corrected chi connectivity index (χ4v) is 1.61. The van der Waals surface area contributed by atoms with Gasteiger partial charge in [-0.15, -0.1) is 0 Å². The number of hydrogen-bond acceptors (Lipinski definition) is 4. The lowest BCUT2D eigenvalue weighted by Gasteiger charge is -2.06. The first-order chi connectivity index (χ1) is 7.82. The summed E-state index contributed by atoms with van der Waals surface area (Å²) in [4.78, 5) is 31.5. The molecule has 0 aliphatic rings. The first kappa shape index (κ1) is 13.1. The maximum absolute atomic E-state index is 10.8. The second-order valence-electron chi connectivity index (χ2n) is 3.09. The van der Waals surface area contributed by atoms with Crippen LogP contribution in [-0.4, -0.2) is 21.9 Å². The van der Waals surface area contributed by atoms with Crippen molar-refractivity contribution in [1.82, 2.24) is 0 Å². The summed E-state index contributed by atoms with van der Waals surface area (Å²) in [6.07, 6.45) is 0. The number of benzene rings is 1. The topological polar surface area (TPSA) is 110 Å². The van der Waals surface area contributed by atoms with Gasteiger partial charge in [0.2, 0.25) is 5.91 Å². The largest absolute Gasteiger partial charge is 0.477 e. The predicted molar refractivity (Wildman–Crippen MR) is 62.1 cm³/mol. The fraction of sp³-hybridized carbons (Fsp3) is 0.111. The number of rotatable bonds is 3. The molecule has 2 N–H and O–H groups in total. The minimum Gasteiger partial charge on any atom is -0.477 e. The van der Waals surface area contributed by atoms with Crippen molar-refractivity contribution in [2.45, 2.75) is 6.92 Å². The van der Waals surface area contributed by atoms with Crippen LogP contribution >= 0.6 is 15.9 Å². The first-order valence-electron chi connectivity index (χ1n) is 4.31. The van der Waals surface area contributed by atoms with Crippen molar-refractivity contribution in [1.29, 1.82) is 0 Å². The molecule has 0 fully saturated rings. The molecule has 1 aromatic carbocycles. The highest BCUT2D eigenvalue weighted by molar-refractivity contribution is 9.10. The van der Waals surface area contributed by atoms with E-state index in [1.807, 2.05) is 0 Å². The van der Waals surface area contributed by atoms with Gasteiger partial charge in [-0.3, -0.25) is 14.9 Å². The molecule has 17 heavy (non-hydrogen) atoms. The van der Waals surface area contributed by atoms with Crippen LogP contribution in [0.5, 0.6) is 0 Å². The lowest BCUT2D eigenvalue weighted by Crippen LogP contribution is -2.09. The third kappa shape index (κ3) is 3.00. The molecular formula is C9H7BrN2O5. The molecule has 0 radical (unpaired) electrons. The van der Waals surface area contributed by atoms with Gasteiger partial charge in [0.15, 0.2) is 0 Å². The van der Waals surface area contributed by atoms with E-state index in [-0.39, 0.29) is 10.2 Å². The van der Waals surface area contributed by atoms with Crippen molar-refractivity contribution in [3.8, 4) is 0 Å². The number of nitrogens with one attached hydrogen (secondary N) is 1. The average Bonchev–Trinajstić information content (AvgIpc) is 2.19. The van der Waals surface area contributed by atoms with E-state index in [4.69, 9.17) is 5.11 Å². The highest BCUT2D eigenvalue weighted by Crippen LogP contribution is 2.31. The van der Waals surface area contributed by atoms with Gasteiger partial charge < -0.3 is 10.4 Å². The number of nitro groups is 1. The maximum atomic E-state index is 10.8. The quantitative estimate of drug-likeness (QED) is 0.655. The van der Waals surface area contributed by atoms with E-state index in [2.05, 4.69) is 21.2 Å². The summed E-state index contributed by atoms with van der Waals surface area (Å²) in [5.74, 6) is -1.82. The highest BCUT2D eigenvalue weighted by Gasteiger charge is 2.22. The summed E-state index contributed by atoms with van der Waals surface area (Å²) < 4.78 is 0.260. The van der Waals surface area contributed by atoms with Gasteiger partial charge in [-0.1, -0.05) is 0 Å². The van der Waals surface area contributed by atoms with Crippen molar-refractivity contribution in [2.24, 2.45) is 0 Å². The van der Waals surface area contributed by atoms with E-state index < -0.39 is 28.1 Å². The summed E-state index contributed by atoms with van der Waals surface area (Å²) >= 11 is 3.03. The van der Waals surface area contributed by atoms with Crippen molar-refractivity contribution in [3.63, 3.8) is 0 Å². The third-order valence-electron chi connectivity index (χ3n) is 1.82. The molecule has 0 bridgehead atoms. The molecule has 0 heterocycles. The number of aromatic carboxylic acids is 1. The van der Waals surface area contributed by atoms with E-state index in [1.165, 1.54) is 6.92 Å². The van der Waals surface area contributed by atoms with Crippen molar-refractivity contribution >= 4 is 39.2 Å². The van der Waals surface area contributed by atoms with Gasteiger partial charge in [-0.25, -0.2) is 4.79 Å². The molecule has 90 valence electrons. The SMILES string of the molecule is CC(=O)Nc1cc([N+](=O)[O-])c(C(=O)O)cc1Br. The van der Waals surface area contributed by atoms with Crippen LogP contribution in [0.3, 0.4) is 0 Å². The van der Waals surface area contributed by atoms with Gasteiger partial charge in [0.25, 0.3) is 5.69 Å². The molecule has 1 aromatic rings. The Kier molecular flexibility index (Phi) is 3.79. The van der Waals surface area contributed by atoms with E-state index >= 15 is 0 Å². The fourth-order valence-electron chi connectivity index (χ4n) is 1.17. The Bertz CT molecular complexity index is 514. The van der Waals surface area contributed by atoms with E-state index in [1.54, 1.807) is 0 Å². The number of carboxylic acids is 1. The zero-order valence-corrected chi connectivity index (χ0v) is 10.1. The van der Waals surface area contributed by atoms with Crippen LogP contribution in [0, 0.1) is 10.1 Å². The van der Waals surface area contributed by atoms with Crippen LogP contribution in [-0.2, 0) is 4.79 Å². The standard InChI is InChI=1S/C9H7BrN2O5/c1-4(13)11-7-3-8(12(16)17)5(9(14)15)2-6(7)10/h2-3H,1H3,(H,11,13)(H,14,15). The summed E-state index contributed by atoms with van der Waals surface area (Å²) in [6.45, 7) is 1.24. The number of nitrogens with zero attached hydrogens (tertiary/aromatic N) is 1. The van der Waals surface area contributed by atoms with Crippen LogP contribution in [0.2, 0.25) is 0 Å². The third-order valence-corrected chi connectivity index (χ3v) is 2.48. The molecule has 1 amide bonds. The zero-order chi connectivity index (χ0) is 13.2. The Morgan fingerprint density at radius 1 is 1.47 bits per heavy atom. The van der Waals surface area contributed by atoms with Gasteiger partial charge >= 0.3 is 5.97 Å². The maximum Gasteiger partial charge on any atom is 0.342 e. The molecule has 7 nitrogen and oxygen atoms in total. The van der Waals surface area contributed by atoms with Gasteiger partial charge in [0.05, 0.1) is 10.6 Å². The van der Waals surface area contributed by atoms with Crippen LogP contribution < -0.4 is 5.32 Å².